The largest absolute Gasteiger partial charge is 0.382 e. The molecular weight excluding hydrogens is 598 g/mol. The van der Waals surface area contributed by atoms with Gasteiger partial charge in [-0.05, 0) is 31.9 Å². The molecule has 0 fully saturated rings. The van der Waals surface area contributed by atoms with Gasteiger partial charge in [-0.1, -0.05) is 24.6 Å². The van der Waals surface area contributed by atoms with Crippen molar-refractivity contribution in [3.8, 4) is 0 Å². The van der Waals surface area contributed by atoms with Crippen molar-refractivity contribution in [3.63, 3.8) is 0 Å². The summed E-state index contributed by atoms with van der Waals surface area (Å²) in [6, 6.07) is 6.47. The maximum atomic E-state index is 5.84. The number of nitrogens with zero attached hydrogens (tertiary/aromatic N) is 1. The summed E-state index contributed by atoms with van der Waals surface area (Å²) in [6.07, 6.45) is 0.902. The normalized spacial score (nSPS) is 15.9. The van der Waals surface area contributed by atoms with E-state index in [0.717, 1.165) is 17.8 Å². The highest BCUT2D eigenvalue weighted by Crippen LogP contribution is 2.42. The van der Waals surface area contributed by atoms with Crippen LogP contribution in [0.1, 0.15) is 31.4 Å². The fourth-order valence-electron chi connectivity index (χ4n) is 4.50. The van der Waals surface area contributed by atoms with Crippen LogP contribution in [0.3, 0.4) is 0 Å². The van der Waals surface area contributed by atoms with Crippen LogP contribution in [0.5, 0.6) is 0 Å². The first-order valence-corrected chi connectivity index (χ1v) is 16.5. The zero-order valence-electron chi connectivity index (χ0n) is 28.7. The first kappa shape index (κ1) is 40.6. The first-order chi connectivity index (χ1) is 22.6. The van der Waals surface area contributed by atoms with Gasteiger partial charge in [0.25, 0.3) is 0 Å². The Labute approximate surface area is 276 Å². The summed E-state index contributed by atoms with van der Waals surface area (Å²) in [6.45, 7) is 17.9. The van der Waals surface area contributed by atoms with Gasteiger partial charge in [-0.3, -0.25) is 4.99 Å². The maximum Gasteiger partial charge on any atom is 0.0701 e. The molecule has 0 aliphatic carbocycles. The molecular formula is C34H59NO11. The van der Waals surface area contributed by atoms with Gasteiger partial charge in [-0.15, -0.1) is 0 Å². The summed E-state index contributed by atoms with van der Waals surface area (Å²) in [5, 5.41) is 0. The Hall–Kier alpha value is -1.55. The van der Waals surface area contributed by atoms with Gasteiger partial charge in [0.2, 0.25) is 0 Å². The zero-order chi connectivity index (χ0) is 33.0. The third kappa shape index (κ3) is 18.7. The molecule has 266 valence electrons. The number of hydrogen-bond donors (Lipinski definition) is 0. The smallest absolute Gasteiger partial charge is 0.0701 e. The van der Waals surface area contributed by atoms with E-state index in [9.17, 15) is 0 Å². The fourth-order valence-corrected chi connectivity index (χ4v) is 4.50. The molecule has 46 heavy (non-hydrogen) atoms. The molecule has 1 aromatic rings. The van der Waals surface area contributed by atoms with Gasteiger partial charge in [0.05, 0.1) is 138 Å². The highest BCUT2D eigenvalue weighted by molar-refractivity contribution is 5.99. The van der Waals surface area contributed by atoms with Crippen molar-refractivity contribution in [2.75, 3.05) is 146 Å². The number of ether oxygens (including phenoxy) is 11. The lowest BCUT2D eigenvalue weighted by Gasteiger charge is -2.26. The molecule has 0 aromatic heterocycles. The molecule has 0 saturated carbocycles. The Morgan fingerprint density at radius 2 is 0.804 bits per heavy atom. The number of fused-ring (bicyclic) bond motifs is 1. The minimum atomic E-state index is -0.0655. The quantitative estimate of drug-likeness (QED) is 0.103. The minimum absolute atomic E-state index is 0.0655. The summed E-state index contributed by atoms with van der Waals surface area (Å²) in [5.74, 6) is 0. The molecule has 0 radical (unpaired) electrons. The van der Waals surface area contributed by atoms with Crippen molar-refractivity contribution in [3.05, 3.63) is 29.3 Å². The lowest BCUT2D eigenvalue weighted by Crippen LogP contribution is -2.29. The van der Waals surface area contributed by atoms with Crippen molar-refractivity contribution < 1.29 is 52.1 Å². The molecule has 1 aliphatic heterocycles. The Balaban J connectivity index is 1.21. The second-order valence-electron chi connectivity index (χ2n) is 10.9. The number of aliphatic imine (C=N–C) groups is 1. The lowest BCUT2D eigenvalue weighted by atomic mass is 9.77. The van der Waals surface area contributed by atoms with Crippen LogP contribution in [0.2, 0.25) is 0 Å². The van der Waals surface area contributed by atoms with E-state index in [1.807, 2.05) is 0 Å². The SMILES string of the molecule is COCCOCCOCCOCCOCCOCCOCCOCCOCCOCCOCCC1(C)C(C)=Nc2ccc(C)cc21. The van der Waals surface area contributed by atoms with Crippen LogP contribution in [0.25, 0.3) is 0 Å². The molecule has 1 unspecified atom stereocenters. The summed E-state index contributed by atoms with van der Waals surface area (Å²) >= 11 is 0. The maximum absolute atomic E-state index is 5.84. The molecule has 1 aliphatic rings. The summed E-state index contributed by atoms with van der Waals surface area (Å²) in [4.78, 5) is 4.76. The second-order valence-corrected chi connectivity index (χ2v) is 10.9. The summed E-state index contributed by atoms with van der Waals surface area (Å²) in [5.41, 5.74) is 4.73. The van der Waals surface area contributed by atoms with E-state index < -0.39 is 0 Å². The van der Waals surface area contributed by atoms with Crippen molar-refractivity contribution in [1.82, 2.24) is 0 Å². The molecule has 1 aromatic carbocycles. The van der Waals surface area contributed by atoms with Crippen LogP contribution in [0.4, 0.5) is 5.69 Å². The number of methoxy groups -OCH3 is 1. The second kappa shape index (κ2) is 27.4. The van der Waals surface area contributed by atoms with Crippen LogP contribution < -0.4 is 0 Å². The van der Waals surface area contributed by atoms with E-state index in [-0.39, 0.29) is 5.41 Å². The van der Waals surface area contributed by atoms with Crippen LogP contribution in [-0.4, -0.2) is 152 Å². The molecule has 0 spiro atoms. The monoisotopic (exact) mass is 657 g/mol. The van der Waals surface area contributed by atoms with Crippen LogP contribution >= 0.6 is 0 Å². The molecule has 0 bridgehead atoms. The molecule has 2 rings (SSSR count). The molecule has 12 heteroatoms. The highest BCUT2D eigenvalue weighted by Gasteiger charge is 2.36. The Morgan fingerprint density at radius 1 is 0.478 bits per heavy atom. The first-order valence-electron chi connectivity index (χ1n) is 16.5. The minimum Gasteiger partial charge on any atom is -0.382 e. The average molecular weight is 658 g/mol. The third-order valence-corrected chi connectivity index (χ3v) is 7.36. The average Bonchev–Trinajstić information content (AvgIpc) is 3.30. The Kier molecular flexibility index (Phi) is 24.2. The van der Waals surface area contributed by atoms with E-state index in [1.165, 1.54) is 11.1 Å². The highest BCUT2D eigenvalue weighted by atomic mass is 16.6. The van der Waals surface area contributed by atoms with E-state index in [0.29, 0.717) is 139 Å². The van der Waals surface area contributed by atoms with Crippen LogP contribution in [-0.2, 0) is 57.5 Å². The molecule has 0 N–H and O–H groups in total. The summed E-state index contributed by atoms with van der Waals surface area (Å²) in [7, 11) is 1.65. The van der Waals surface area contributed by atoms with Crippen molar-refractivity contribution in [2.45, 2.75) is 32.6 Å². The van der Waals surface area contributed by atoms with Crippen molar-refractivity contribution in [1.29, 1.82) is 0 Å². The predicted octanol–water partition coefficient (Wildman–Crippen LogP) is 3.56. The molecule has 1 heterocycles. The fraction of sp³-hybridized carbons (Fsp3) is 0.794. The van der Waals surface area contributed by atoms with Crippen molar-refractivity contribution >= 4 is 11.4 Å². The van der Waals surface area contributed by atoms with E-state index in [4.69, 9.17) is 57.1 Å². The lowest BCUT2D eigenvalue weighted by molar-refractivity contribution is -0.0271. The number of aryl methyl sites for hydroxylation is 1. The molecule has 12 nitrogen and oxygen atoms in total. The van der Waals surface area contributed by atoms with Gasteiger partial charge >= 0.3 is 0 Å². The predicted molar refractivity (Wildman–Crippen MR) is 176 cm³/mol. The van der Waals surface area contributed by atoms with E-state index in [2.05, 4.69) is 39.0 Å². The van der Waals surface area contributed by atoms with Gasteiger partial charge in [0.15, 0.2) is 0 Å². The number of hydrogen-bond acceptors (Lipinski definition) is 12. The van der Waals surface area contributed by atoms with Gasteiger partial charge in [-0.25, -0.2) is 0 Å². The van der Waals surface area contributed by atoms with Crippen molar-refractivity contribution in [2.24, 2.45) is 4.99 Å². The third-order valence-electron chi connectivity index (χ3n) is 7.36. The van der Waals surface area contributed by atoms with Gasteiger partial charge < -0.3 is 52.1 Å². The number of rotatable bonds is 33. The van der Waals surface area contributed by atoms with E-state index in [1.54, 1.807) is 7.11 Å². The van der Waals surface area contributed by atoms with Crippen LogP contribution in [0.15, 0.2) is 23.2 Å². The van der Waals surface area contributed by atoms with Gasteiger partial charge in [0, 0.05) is 24.8 Å². The standard InChI is InChI=1S/C34H59NO11/c1-30-5-6-33-32(29-30)34(3,31(2)35-33)7-8-37-11-12-39-15-16-41-19-20-43-23-24-45-27-28-46-26-25-44-22-21-42-18-17-40-14-13-38-10-9-36-4/h5-6,29H,7-28H2,1-4H3. The zero-order valence-corrected chi connectivity index (χ0v) is 28.7. The molecule has 1 atom stereocenters. The van der Waals surface area contributed by atoms with Gasteiger partial charge in [-0.2, -0.15) is 0 Å². The van der Waals surface area contributed by atoms with Gasteiger partial charge in [0.1, 0.15) is 0 Å². The molecule has 0 amide bonds. The Bertz CT molecular complexity index is 904. The Morgan fingerprint density at radius 3 is 1.15 bits per heavy atom. The number of benzene rings is 1. The summed E-state index contributed by atoms with van der Waals surface area (Å²) < 4.78 is 60.0. The van der Waals surface area contributed by atoms with E-state index >= 15 is 0 Å². The van der Waals surface area contributed by atoms with Crippen LogP contribution in [0, 0.1) is 6.92 Å². The topological polar surface area (TPSA) is 114 Å². The molecule has 0 saturated heterocycles.